The second-order valence-corrected chi connectivity index (χ2v) is 13.3. The summed E-state index contributed by atoms with van der Waals surface area (Å²) >= 11 is 3.44. The molecular formula is C39H33IN2O7S. The number of nitrogens with zero attached hydrogens (tertiary/aromatic N) is 2. The highest BCUT2D eigenvalue weighted by molar-refractivity contribution is 14.1. The molecule has 0 bridgehead atoms. The Kier molecular flexibility index (Phi) is 10.9. The Bertz CT molecular complexity index is 2250. The Morgan fingerprint density at radius 1 is 0.900 bits per heavy atom. The van der Waals surface area contributed by atoms with Gasteiger partial charge >= 0.3 is 11.9 Å². The summed E-state index contributed by atoms with van der Waals surface area (Å²) < 4.78 is 25.3. The summed E-state index contributed by atoms with van der Waals surface area (Å²) in [7, 11) is 1.56. The fourth-order valence-corrected chi connectivity index (χ4v) is 7.39. The van der Waals surface area contributed by atoms with Crippen LogP contribution in [0.3, 0.4) is 0 Å². The zero-order valence-electron chi connectivity index (χ0n) is 27.6. The van der Waals surface area contributed by atoms with E-state index in [1.165, 1.54) is 11.3 Å². The minimum absolute atomic E-state index is 0.179. The first-order valence-electron chi connectivity index (χ1n) is 15.9. The number of hydrogen-bond acceptors (Lipinski definition) is 9. The van der Waals surface area contributed by atoms with Gasteiger partial charge in [0.25, 0.3) is 5.56 Å². The van der Waals surface area contributed by atoms with Crippen LogP contribution in [0.1, 0.15) is 52.5 Å². The van der Waals surface area contributed by atoms with Crippen LogP contribution in [0.5, 0.6) is 11.5 Å². The minimum atomic E-state index is -0.749. The van der Waals surface area contributed by atoms with Crippen LogP contribution in [-0.2, 0) is 20.9 Å². The standard InChI is InChI=1S/C39H33IN2O7S/c1-4-47-37(44)28-18-16-24(17-19-28)23-49-35-29(40)20-25(21-30(35)46-3)22-31-36(43)42-34(27-14-10-7-11-15-27)32(38(45)48-5-2)33(41-39(42)50-31)26-12-8-6-9-13-26/h6-22,34H,4-5,23H2,1-3H3/b31-22-/t34-/m1/s1. The molecule has 0 unspecified atom stereocenters. The quantitative estimate of drug-likeness (QED) is 0.114. The van der Waals surface area contributed by atoms with Crippen molar-refractivity contribution in [1.29, 1.82) is 0 Å². The second kappa shape index (κ2) is 15.7. The lowest BCUT2D eigenvalue weighted by atomic mass is 9.93. The van der Waals surface area contributed by atoms with Crippen LogP contribution >= 0.6 is 33.9 Å². The number of methoxy groups -OCH3 is 1. The van der Waals surface area contributed by atoms with E-state index >= 15 is 0 Å². The molecule has 0 fully saturated rings. The van der Waals surface area contributed by atoms with Gasteiger partial charge in [-0.15, -0.1) is 0 Å². The predicted octanol–water partition coefficient (Wildman–Crippen LogP) is 6.30. The van der Waals surface area contributed by atoms with E-state index in [4.69, 9.17) is 23.9 Å². The molecule has 1 atom stereocenters. The van der Waals surface area contributed by atoms with E-state index in [1.807, 2.05) is 84.9 Å². The first-order valence-corrected chi connectivity index (χ1v) is 17.8. The molecule has 1 aliphatic heterocycles. The monoisotopic (exact) mass is 800 g/mol. The van der Waals surface area contributed by atoms with E-state index in [-0.39, 0.29) is 24.7 Å². The number of ether oxygens (including phenoxy) is 4. The molecule has 11 heteroatoms. The van der Waals surface area contributed by atoms with Crippen molar-refractivity contribution in [2.45, 2.75) is 26.5 Å². The summed E-state index contributed by atoms with van der Waals surface area (Å²) in [6.07, 6.45) is 1.80. The summed E-state index contributed by atoms with van der Waals surface area (Å²) in [6, 6.07) is 28.9. The van der Waals surface area contributed by atoms with E-state index in [0.717, 1.165) is 25.8 Å². The second-order valence-electron chi connectivity index (χ2n) is 11.1. The normalized spacial score (nSPS) is 14.1. The molecule has 1 aromatic heterocycles. The Labute approximate surface area is 306 Å². The van der Waals surface area contributed by atoms with Crippen LogP contribution in [0.25, 0.3) is 11.8 Å². The van der Waals surface area contributed by atoms with Crippen molar-refractivity contribution < 1.29 is 28.5 Å². The van der Waals surface area contributed by atoms with Gasteiger partial charge in [0.05, 0.1) is 51.3 Å². The lowest BCUT2D eigenvalue weighted by Gasteiger charge is -2.25. The molecule has 50 heavy (non-hydrogen) atoms. The molecule has 4 aromatic carbocycles. The Balaban J connectivity index is 1.40. The molecule has 0 spiro atoms. The van der Waals surface area contributed by atoms with Crippen LogP contribution in [0.15, 0.2) is 112 Å². The van der Waals surface area contributed by atoms with Gasteiger partial charge in [-0.25, -0.2) is 14.6 Å². The highest BCUT2D eigenvalue weighted by Gasteiger charge is 2.35. The first-order chi connectivity index (χ1) is 24.3. The number of rotatable bonds is 11. The maximum atomic E-state index is 14.3. The third-order valence-electron chi connectivity index (χ3n) is 7.89. The van der Waals surface area contributed by atoms with Crippen molar-refractivity contribution >= 4 is 57.6 Å². The summed E-state index contributed by atoms with van der Waals surface area (Å²) in [6.45, 7) is 4.26. The summed E-state index contributed by atoms with van der Waals surface area (Å²) in [4.78, 5) is 45.3. The van der Waals surface area contributed by atoms with Gasteiger partial charge in [0.15, 0.2) is 16.3 Å². The molecule has 0 saturated heterocycles. The topological polar surface area (TPSA) is 105 Å². The van der Waals surface area contributed by atoms with Crippen molar-refractivity contribution in [2.24, 2.45) is 4.99 Å². The molecule has 0 aliphatic carbocycles. The zero-order valence-corrected chi connectivity index (χ0v) is 30.5. The van der Waals surface area contributed by atoms with Gasteiger partial charge in [-0.3, -0.25) is 9.36 Å². The molecule has 5 aromatic rings. The van der Waals surface area contributed by atoms with Crippen molar-refractivity contribution in [2.75, 3.05) is 20.3 Å². The number of halogens is 1. The van der Waals surface area contributed by atoms with Gasteiger partial charge in [-0.1, -0.05) is 84.1 Å². The van der Waals surface area contributed by atoms with Gasteiger partial charge in [0, 0.05) is 5.56 Å². The summed E-state index contributed by atoms with van der Waals surface area (Å²) in [5.41, 5.74) is 4.07. The smallest absolute Gasteiger partial charge is 0.338 e. The molecule has 1 aliphatic rings. The predicted molar refractivity (Wildman–Crippen MR) is 200 cm³/mol. The molecule has 0 N–H and O–H groups in total. The number of fused-ring (bicyclic) bond motifs is 1. The van der Waals surface area contributed by atoms with Crippen molar-refractivity contribution in [1.82, 2.24) is 4.57 Å². The highest BCUT2D eigenvalue weighted by Crippen LogP contribution is 2.36. The molecule has 0 saturated carbocycles. The number of esters is 2. The summed E-state index contributed by atoms with van der Waals surface area (Å²) in [5.74, 6) is 0.155. The minimum Gasteiger partial charge on any atom is -0.493 e. The average Bonchev–Trinajstić information content (AvgIpc) is 3.45. The average molecular weight is 801 g/mol. The molecule has 6 rings (SSSR count). The van der Waals surface area contributed by atoms with Crippen LogP contribution < -0.4 is 24.4 Å². The van der Waals surface area contributed by atoms with Crippen LogP contribution in [0.2, 0.25) is 0 Å². The lowest BCUT2D eigenvalue weighted by molar-refractivity contribution is -0.138. The van der Waals surface area contributed by atoms with Gasteiger partial charge in [-0.05, 0) is 83.5 Å². The van der Waals surface area contributed by atoms with Crippen molar-refractivity contribution in [3.63, 3.8) is 0 Å². The molecule has 2 heterocycles. The Morgan fingerprint density at radius 3 is 2.22 bits per heavy atom. The fraction of sp³-hybridized carbons (Fsp3) is 0.179. The number of carbonyl (C=O) groups is 2. The third-order valence-corrected chi connectivity index (χ3v) is 9.67. The molecule has 0 radical (unpaired) electrons. The zero-order chi connectivity index (χ0) is 35.2. The van der Waals surface area contributed by atoms with E-state index in [2.05, 4.69) is 22.6 Å². The first kappa shape index (κ1) is 34.8. The maximum Gasteiger partial charge on any atom is 0.338 e. The summed E-state index contributed by atoms with van der Waals surface area (Å²) in [5, 5.41) is 0. The Morgan fingerprint density at radius 2 is 1.56 bits per heavy atom. The van der Waals surface area contributed by atoms with E-state index in [0.29, 0.717) is 44.3 Å². The van der Waals surface area contributed by atoms with Gasteiger partial charge in [0.2, 0.25) is 0 Å². The van der Waals surface area contributed by atoms with E-state index in [1.54, 1.807) is 43.7 Å². The lowest BCUT2D eigenvalue weighted by Crippen LogP contribution is -2.40. The number of aromatic nitrogens is 1. The molecule has 0 amide bonds. The largest absolute Gasteiger partial charge is 0.493 e. The maximum absolute atomic E-state index is 14.3. The van der Waals surface area contributed by atoms with Gasteiger partial charge in [0.1, 0.15) is 6.61 Å². The number of thiazole rings is 1. The highest BCUT2D eigenvalue weighted by atomic mass is 127. The molecular weight excluding hydrogens is 767 g/mol. The number of benzene rings is 4. The number of hydrogen-bond donors (Lipinski definition) is 0. The van der Waals surface area contributed by atoms with E-state index in [9.17, 15) is 14.4 Å². The van der Waals surface area contributed by atoms with Crippen molar-refractivity contribution in [3.05, 3.63) is 154 Å². The fourth-order valence-electron chi connectivity index (χ4n) is 5.61. The van der Waals surface area contributed by atoms with Crippen molar-refractivity contribution in [3.8, 4) is 11.5 Å². The third kappa shape index (κ3) is 7.29. The number of carbonyl (C=O) groups excluding carboxylic acids is 2. The molecule has 9 nitrogen and oxygen atoms in total. The van der Waals surface area contributed by atoms with Crippen LogP contribution in [0.4, 0.5) is 0 Å². The van der Waals surface area contributed by atoms with Gasteiger partial charge < -0.3 is 18.9 Å². The molecule has 254 valence electrons. The van der Waals surface area contributed by atoms with Gasteiger partial charge in [-0.2, -0.15) is 0 Å². The SMILES string of the molecule is CCOC(=O)C1=C(c2ccccc2)N=c2s/c(=C\c3cc(I)c(OCc4ccc(C(=O)OCC)cc4)c(OC)c3)c(=O)n2[C@@H]1c1ccccc1. The Hall–Kier alpha value is -5.01. The van der Waals surface area contributed by atoms with E-state index < -0.39 is 12.0 Å². The van der Waals surface area contributed by atoms with Crippen LogP contribution in [-0.4, -0.2) is 36.8 Å². The van der Waals surface area contributed by atoms with Crippen LogP contribution in [0, 0.1) is 3.57 Å².